The Morgan fingerprint density at radius 2 is 1.82 bits per heavy atom. The molecule has 0 saturated carbocycles. The maximum absolute atomic E-state index is 13.1. The summed E-state index contributed by atoms with van der Waals surface area (Å²) in [6, 6.07) is 13.0. The van der Waals surface area contributed by atoms with Crippen molar-refractivity contribution in [2.24, 2.45) is 5.84 Å². The van der Waals surface area contributed by atoms with Crippen molar-refractivity contribution in [3.63, 3.8) is 0 Å². The lowest BCUT2D eigenvalue weighted by atomic mass is 10.0. The number of hydrogen-bond acceptors (Lipinski definition) is 8. The Labute approximate surface area is 228 Å². The van der Waals surface area contributed by atoms with Crippen molar-refractivity contribution in [2.75, 3.05) is 25.4 Å². The molecular weight excluding hydrogens is 504 g/mol. The van der Waals surface area contributed by atoms with Gasteiger partial charge in [-0.15, -0.1) is 0 Å². The van der Waals surface area contributed by atoms with Crippen LogP contribution in [0, 0.1) is 0 Å². The number of hydrogen-bond donors (Lipinski definition) is 1. The van der Waals surface area contributed by atoms with Crippen molar-refractivity contribution in [3.05, 3.63) is 64.7 Å². The minimum atomic E-state index is -0.748. The zero-order chi connectivity index (χ0) is 27.1. The molecule has 2 aliphatic heterocycles. The van der Waals surface area contributed by atoms with Crippen molar-refractivity contribution in [1.82, 2.24) is 14.8 Å². The highest BCUT2D eigenvalue weighted by molar-refractivity contribution is 7.94. The average Bonchev–Trinajstić information content (AvgIpc) is 3.26. The van der Waals surface area contributed by atoms with E-state index < -0.39 is 17.9 Å². The molecule has 1 atom stereocenters. The lowest BCUT2D eigenvalue weighted by molar-refractivity contribution is -0.152. The van der Waals surface area contributed by atoms with Gasteiger partial charge >= 0.3 is 0 Å². The van der Waals surface area contributed by atoms with Crippen LogP contribution >= 0.6 is 12.0 Å². The molecule has 10 heteroatoms. The highest BCUT2D eigenvalue weighted by Crippen LogP contribution is 2.34. The van der Waals surface area contributed by atoms with Crippen LogP contribution < -0.4 is 10.6 Å². The summed E-state index contributed by atoms with van der Waals surface area (Å²) in [6.45, 7) is 8.36. The predicted molar refractivity (Wildman–Crippen MR) is 146 cm³/mol. The maximum Gasteiger partial charge on any atom is 0.266 e. The highest BCUT2D eigenvalue weighted by atomic mass is 32.2. The first-order chi connectivity index (χ1) is 18.4. The van der Waals surface area contributed by atoms with E-state index in [9.17, 15) is 14.4 Å². The van der Waals surface area contributed by atoms with Gasteiger partial charge in [-0.3, -0.25) is 19.3 Å². The van der Waals surface area contributed by atoms with Gasteiger partial charge in [-0.05, 0) is 54.7 Å². The van der Waals surface area contributed by atoms with E-state index in [1.54, 1.807) is 12.1 Å². The highest BCUT2D eigenvalue weighted by Gasteiger charge is 2.42. The van der Waals surface area contributed by atoms with Crippen LogP contribution in [0.15, 0.2) is 42.5 Å². The van der Waals surface area contributed by atoms with Crippen LogP contribution in [-0.2, 0) is 33.5 Å². The van der Waals surface area contributed by atoms with Gasteiger partial charge in [-0.2, -0.15) is 0 Å². The van der Waals surface area contributed by atoms with E-state index in [0.717, 1.165) is 42.9 Å². The van der Waals surface area contributed by atoms with Crippen LogP contribution in [0.2, 0.25) is 0 Å². The van der Waals surface area contributed by atoms with Gasteiger partial charge in [-0.1, -0.05) is 44.2 Å². The number of ether oxygens (including phenoxy) is 1. The number of amides is 3. The molecule has 9 nitrogen and oxygen atoms in total. The molecule has 1 fully saturated rings. The van der Waals surface area contributed by atoms with Gasteiger partial charge in [0.15, 0.2) is 0 Å². The second kappa shape index (κ2) is 13.2. The minimum absolute atomic E-state index is 0.133. The smallest absolute Gasteiger partial charge is 0.266 e. The summed E-state index contributed by atoms with van der Waals surface area (Å²) in [6.07, 6.45) is 1.49. The van der Waals surface area contributed by atoms with Gasteiger partial charge in [0.2, 0.25) is 5.91 Å². The largest absolute Gasteiger partial charge is 0.489 e. The van der Waals surface area contributed by atoms with E-state index in [1.165, 1.54) is 22.5 Å². The second-order valence-corrected chi connectivity index (χ2v) is 10.5. The van der Waals surface area contributed by atoms with Crippen LogP contribution in [-0.4, -0.2) is 64.0 Å². The maximum atomic E-state index is 13.1. The molecule has 0 aromatic heterocycles. The van der Waals surface area contributed by atoms with Gasteiger partial charge < -0.3 is 13.8 Å². The van der Waals surface area contributed by atoms with Gasteiger partial charge in [0, 0.05) is 36.4 Å². The van der Waals surface area contributed by atoms with E-state index in [1.807, 2.05) is 6.07 Å². The normalized spacial score (nSPS) is 17.5. The molecule has 204 valence electrons. The Morgan fingerprint density at radius 1 is 1.05 bits per heavy atom. The van der Waals surface area contributed by atoms with Gasteiger partial charge in [0.1, 0.15) is 18.4 Å². The van der Waals surface area contributed by atoms with E-state index in [0.29, 0.717) is 29.5 Å². The summed E-state index contributed by atoms with van der Waals surface area (Å²) in [5.41, 5.74) is 3.53. The lowest BCUT2D eigenvalue weighted by Crippen LogP contribution is -2.57. The SMILES string of the molecule is CCCN(CCOSCC)Cc1ccc(COc2cccc3c2CN(C2CCC(=O)N(N)C2=O)C3=O)cc1. The topological polar surface area (TPSA) is 105 Å². The average molecular weight is 541 g/mol. The Morgan fingerprint density at radius 3 is 2.55 bits per heavy atom. The molecule has 1 unspecified atom stereocenters. The third kappa shape index (κ3) is 6.55. The van der Waals surface area contributed by atoms with Crippen molar-refractivity contribution in [1.29, 1.82) is 0 Å². The van der Waals surface area contributed by atoms with Gasteiger partial charge in [0.25, 0.3) is 11.8 Å². The zero-order valence-corrected chi connectivity index (χ0v) is 22.9. The third-order valence-corrected chi connectivity index (χ3v) is 7.38. The quantitative estimate of drug-likeness (QED) is 0.135. The summed E-state index contributed by atoms with van der Waals surface area (Å²) in [5, 5.41) is 0.631. The monoisotopic (exact) mass is 540 g/mol. The van der Waals surface area contributed by atoms with Crippen LogP contribution in [0.5, 0.6) is 5.75 Å². The fourth-order valence-corrected chi connectivity index (χ4v) is 5.20. The van der Waals surface area contributed by atoms with Gasteiger partial charge in [0.05, 0.1) is 13.2 Å². The molecule has 0 bridgehead atoms. The standard InChI is InChI=1S/C28H36N4O5S/c1-3-14-30(15-16-37-38-4-2)17-20-8-10-21(11-9-20)19-36-25-7-5-6-22-23(25)18-31(27(22)34)24-12-13-26(33)32(29)28(24)35/h5-11,24H,3-4,12-19,29H2,1-2H3. The minimum Gasteiger partial charge on any atom is -0.489 e. The fraction of sp³-hybridized carbons (Fsp3) is 0.464. The van der Waals surface area contributed by atoms with Crippen molar-refractivity contribution in [2.45, 2.75) is 58.8 Å². The summed E-state index contributed by atoms with van der Waals surface area (Å²) in [4.78, 5) is 41.3. The molecule has 2 aliphatic rings. The number of fused-ring (bicyclic) bond motifs is 1. The molecule has 38 heavy (non-hydrogen) atoms. The molecule has 0 aliphatic carbocycles. The number of nitrogens with two attached hydrogens (primary N) is 1. The number of carbonyl (C=O) groups is 3. The molecule has 0 radical (unpaired) electrons. The zero-order valence-electron chi connectivity index (χ0n) is 22.1. The number of carbonyl (C=O) groups excluding carboxylic acids is 3. The molecule has 3 amide bonds. The summed E-state index contributed by atoms with van der Waals surface area (Å²) < 4.78 is 11.7. The molecule has 2 heterocycles. The summed E-state index contributed by atoms with van der Waals surface area (Å²) in [7, 11) is 0. The van der Waals surface area contributed by atoms with Crippen LogP contribution in [0.3, 0.4) is 0 Å². The molecule has 2 aromatic carbocycles. The number of imide groups is 1. The second-order valence-electron chi connectivity index (χ2n) is 9.48. The lowest BCUT2D eigenvalue weighted by Gasteiger charge is -2.33. The van der Waals surface area contributed by atoms with E-state index in [-0.39, 0.29) is 25.3 Å². The molecule has 1 saturated heterocycles. The summed E-state index contributed by atoms with van der Waals surface area (Å²) in [5.74, 6) is 5.97. The van der Waals surface area contributed by atoms with E-state index in [4.69, 9.17) is 14.8 Å². The molecule has 2 N–H and O–H groups in total. The van der Waals surface area contributed by atoms with E-state index >= 15 is 0 Å². The van der Waals surface area contributed by atoms with Crippen LogP contribution in [0.25, 0.3) is 0 Å². The molecule has 2 aromatic rings. The van der Waals surface area contributed by atoms with Crippen molar-refractivity contribution < 1.29 is 23.3 Å². The fourth-order valence-electron chi connectivity index (χ4n) is 4.84. The number of piperidine rings is 1. The number of rotatable bonds is 13. The van der Waals surface area contributed by atoms with Gasteiger partial charge in [-0.25, -0.2) is 10.9 Å². The molecular formula is C28H36N4O5S. The van der Waals surface area contributed by atoms with Crippen molar-refractivity contribution in [3.8, 4) is 5.75 Å². The predicted octanol–water partition coefficient (Wildman–Crippen LogP) is 3.51. The number of benzene rings is 2. The summed E-state index contributed by atoms with van der Waals surface area (Å²) >= 11 is 1.50. The van der Waals surface area contributed by atoms with Crippen molar-refractivity contribution >= 4 is 29.8 Å². The number of hydrazine groups is 1. The van der Waals surface area contributed by atoms with Crippen LogP contribution in [0.1, 0.15) is 60.2 Å². The first-order valence-electron chi connectivity index (χ1n) is 13.1. The molecule has 4 rings (SSSR count). The Balaban J connectivity index is 1.36. The molecule has 0 spiro atoms. The Hall–Kier alpha value is -2.92. The van der Waals surface area contributed by atoms with E-state index in [2.05, 4.69) is 43.0 Å². The van der Waals surface area contributed by atoms with Crippen LogP contribution in [0.4, 0.5) is 0 Å². The Bertz CT molecular complexity index is 1140. The number of nitrogens with zero attached hydrogens (tertiary/aromatic N) is 3. The third-order valence-electron chi connectivity index (χ3n) is 6.81. The first-order valence-corrected chi connectivity index (χ1v) is 14.1. The first kappa shape index (κ1) is 28.1. The Kier molecular flexibility index (Phi) is 9.79.